The quantitative estimate of drug-likeness (QED) is 0.646. The van der Waals surface area contributed by atoms with Gasteiger partial charge in [-0.1, -0.05) is 31.4 Å². The highest BCUT2D eigenvalue weighted by Gasteiger charge is 2.21. The lowest BCUT2D eigenvalue weighted by molar-refractivity contribution is 0.0561. The minimum Gasteiger partial charge on any atom is -0.491 e. The molecule has 29 heavy (non-hydrogen) atoms. The first-order chi connectivity index (χ1) is 14.1. The number of benzene rings is 1. The zero-order chi connectivity index (χ0) is 20.5. The first kappa shape index (κ1) is 22.5. The van der Waals surface area contributed by atoms with Crippen LogP contribution in [0.25, 0.3) is 0 Å². The number of rotatable bonds is 10. The summed E-state index contributed by atoms with van der Waals surface area (Å²) in [4.78, 5) is 4.83. The molecule has 0 radical (unpaired) electrons. The molecular weight excluding hydrogens is 364 g/mol. The van der Waals surface area contributed by atoms with Gasteiger partial charge in [0.05, 0.1) is 0 Å². The van der Waals surface area contributed by atoms with Gasteiger partial charge in [0.2, 0.25) is 0 Å². The second-order valence-electron chi connectivity index (χ2n) is 9.02. The number of aliphatic hydroxyl groups is 1. The number of hydrogen-bond acceptors (Lipinski definition) is 5. The van der Waals surface area contributed by atoms with E-state index < -0.39 is 6.10 Å². The molecule has 1 atom stereocenters. The third kappa shape index (κ3) is 7.56. The largest absolute Gasteiger partial charge is 0.491 e. The number of ether oxygens (including phenoxy) is 2. The van der Waals surface area contributed by atoms with Gasteiger partial charge in [0.25, 0.3) is 0 Å². The number of hydrogen-bond donors (Lipinski definition) is 1. The Morgan fingerprint density at radius 3 is 2.62 bits per heavy atom. The summed E-state index contributed by atoms with van der Waals surface area (Å²) in [5.41, 5.74) is 1.28. The number of methoxy groups -OCH3 is 1. The lowest BCUT2D eigenvalue weighted by Crippen LogP contribution is -2.40. The highest BCUT2D eigenvalue weighted by Crippen LogP contribution is 2.23. The summed E-state index contributed by atoms with van der Waals surface area (Å²) in [6.07, 6.45) is 8.48. The molecule has 1 heterocycles. The highest BCUT2D eigenvalue weighted by atomic mass is 16.5. The van der Waals surface area contributed by atoms with Gasteiger partial charge in [-0.2, -0.15) is 0 Å². The summed E-state index contributed by atoms with van der Waals surface area (Å²) < 4.78 is 11.2. The molecule has 1 aliphatic heterocycles. The monoisotopic (exact) mass is 404 g/mol. The van der Waals surface area contributed by atoms with Crippen molar-refractivity contribution in [1.82, 2.24) is 9.80 Å². The lowest BCUT2D eigenvalue weighted by Gasteiger charge is -2.32. The molecule has 1 aliphatic carbocycles. The van der Waals surface area contributed by atoms with Crippen molar-refractivity contribution < 1.29 is 14.6 Å². The molecule has 2 aliphatic rings. The minimum atomic E-state index is -0.453. The summed E-state index contributed by atoms with van der Waals surface area (Å²) in [5, 5.41) is 10.4. The van der Waals surface area contributed by atoms with Crippen LogP contribution in [0.15, 0.2) is 24.3 Å². The Hall–Kier alpha value is -1.14. The van der Waals surface area contributed by atoms with Crippen LogP contribution in [-0.4, -0.2) is 74.1 Å². The molecule has 0 amide bonds. The molecule has 5 heteroatoms. The summed E-state index contributed by atoms with van der Waals surface area (Å²) in [5.74, 6) is 1.57. The molecule has 1 aromatic rings. The molecule has 0 bridgehead atoms. The Kier molecular flexibility index (Phi) is 9.25. The van der Waals surface area contributed by atoms with Crippen molar-refractivity contribution in [2.45, 2.75) is 63.6 Å². The Morgan fingerprint density at radius 1 is 1.14 bits per heavy atom. The molecule has 3 rings (SSSR count). The molecule has 1 aromatic carbocycles. The van der Waals surface area contributed by atoms with Gasteiger partial charge in [-0.05, 0) is 69.4 Å². The van der Waals surface area contributed by atoms with E-state index in [0.29, 0.717) is 25.1 Å². The van der Waals surface area contributed by atoms with E-state index in [1.165, 1.54) is 50.5 Å². The van der Waals surface area contributed by atoms with Gasteiger partial charge >= 0.3 is 0 Å². The first-order valence-corrected chi connectivity index (χ1v) is 11.5. The number of likely N-dealkylation sites (N-methyl/N-ethyl adjacent to an activating group) is 1. The SMILES string of the molecule is COCC1CCN(Cc2cccc(OC[C@H](O)CN(C)C3CCCCC3)c2)CC1. The molecular formula is C24H40N2O3. The van der Waals surface area contributed by atoms with Gasteiger partial charge in [-0.15, -0.1) is 0 Å². The predicted molar refractivity (Wildman–Crippen MR) is 117 cm³/mol. The third-order valence-electron chi connectivity index (χ3n) is 6.55. The van der Waals surface area contributed by atoms with Gasteiger partial charge < -0.3 is 19.5 Å². The van der Waals surface area contributed by atoms with Crippen LogP contribution in [0.3, 0.4) is 0 Å². The molecule has 2 fully saturated rings. The van der Waals surface area contributed by atoms with E-state index >= 15 is 0 Å². The number of aliphatic hydroxyl groups excluding tert-OH is 1. The first-order valence-electron chi connectivity index (χ1n) is 11.5. The number of piperidine rings is 1. The molecule has 1 saturated heterocycles. The maximum atomic E-state index is 10.4. The van der Waals surface area contributed by atoms with E-state index in [4.69, 9.17) is 9.47 Å². The Bertz CT molecular complexity index is 583. The van der Waals surface area contributed by atoms with E-state index in [0.717, 1.165) is 32.0 Å². The van der Waals surface area contributed by atoms with Crippen molar-refractivity contribution in [2.75, 3.05) is 47.0 Å². The molecule has 0 spiro atoms. The second kappa shape index (κ2) is 11.9. The second-order valence-corrected chi connectivity index (χ2v) is 9.02. The maximum Gasteiger partial charge on any atom is 0.119 e. The minimum absolute atomic E-state index is 0.350. The molecule has 1 saturated carbocycles. The van der Waals surface area contributed by atoms with Crippen LogP contribution in [0, 0.1) is 5.92 Å². The van der Waals surface area contributed by atoms with Crippen molar-refractivity contribution >= 4 is 0 Å². The normalized spacial score (nSPS) is 20.8. The zero-order valence-electron chi connectivity index (χ0n) is 18.4. The highest BCUT2D eigenvalue weighted by molar-refractivity contribution is 5.28. The van der Waals surface area contributed by atoms with E-state index in [-0.39, 0.29) is 0 Å². The van der Waals surface area contributed by atoms with Crippen molar-refractivity contribution in [3.63, 3.8) is 0 Å². The molecule has 1 N–H and O–H groups in total. The fourth-order valence-corrected chi connectivity index (χ4v) is 4.79. The van der Waals surface area contributed by atoms with Gasteiger partial charge in [0.1, 0.15) is 18.5 Å². The predicted octanol–water partition coefficient (Wildman–Crippen LogP) is 3.55. The van der Waals surface area contributed by atoms with Crippen LogP contribution in [0.4, 0.5) is 0 Å². The summed E-state index contributed by atoms with van der Waals surface area (Å²) >= 11 is 0. The van der Waals surface area contributed by atoms with Crippen molar-refractivity contribution in [3.05, 3.63) is 29.8 Å². The summed E-state index contributed by atoms with van der Waals surface area (Å²) in [6.45, 7) is 5.14. The molecule has 5 nitrogen and oxygen atoms in total. The van der Waals surface area contributed by atoms with Crippen LogP contribution in [0.1, 0.15) is 50.5 Å². The fraction of sp³-hybridized carbons (Fsp3) is 0.750. The van der Waals surface area contributed by atoms with Gasteiger partial charge in [-0.25, -0.2) is 0 Å². The number of nitrogens with zero attached hydrogens (tertiary/aromatic N) is 2. The van der Waals surface area contributed by atoms with Gasteiger partial charge in [0, 0.05) is 32.8 Å². The van der Waals surface area contributed by atoms with Crippen molar-refractivity contribution in [3.8, 4) is 5.75 Å². The Morgan fingerprint density at radius 2 is 1.90 bits per heavy atom. The lowest BCUT2D eigenvalue weighted by atomic mass is 9.94. The van der Waals surface area contributed by atoms with E-state index in [1.807, 2.05) is 6.07 Å². The number of likely N-dealkylation sites (tertiary alicyclic amines) is 1. The maximum absolute atomic E-state index is 10.4. The Balaban J connectivity index is 1.40. The molecule has 0 unspecified atom stereocenters. The van der Waals surface area contributed by atoms with Crippen molar-refractivity contribution in [1.29, 1.82) is 0 Å². The van der Waals surface area contributed by atoms with Crippen LogP contribution >= 0.6 is 0 Å². The standard InChI is InChI=1S/C24H40N2O3/c1-25(22-8-4-3-5-9-22)17-23(27)19-29-24-10-6-7-21(15-24)16-26-13-11-20(12-14-26)18-28-2/h6-7,10,15,20,22-23,27H,3-5,8-9,11-14,16-19H2,1-2H3/t23-/m1/s1. The average molecular weight is 405 g/mol. The third-order valence-corrected chi connectivity index (χ3v) is 6.55. The zero-order valence-corrected chi connectivity index (χ0v) is 18.4. The van der Waals surface area contributed by atoms with Crippen LogP contribution in [0.5, 0.6) is 5.75 Å². The molecule has 0 aromatic heterocycles. The smallest absolute Gasteiger partial charge is 0.119 e. The van der Waals surface area contributed by atoms with Crippen LogP contribution in [-0.2, 0) is 11.3 Å². The van der Waals surface area contributed by atoms with E-state index in [9.17, 15) is 5.11 Å². The van der Waals surface area contributed by atoms with E-state index in [1.54, 1.807) is 7.11 Å². The van der Waals surface area contributed by atoms with Gasteiger partial charge in [0.15, 0.2) is 0 Å². The average Bonchev–Trinajstić information content (AvgIpc) is 2.75. The van der Waals surface area contributed by atoms with Gasteiger partial charge in [-0.3, -0.25) is 4.90 Å². The topological polar surface area (TPSA) is 45.2 Å². The summed E-state index contributed by atoms with van der Waals surface area (Å²) in [6, 6.07) is 8.96. The fourth-order valence-electron chi connectivity index (χ4n) is 4.79. The van der Waals surface area contributed by atoms with E-state index in [2.05, 4.69) is 35.0 Å². The summed E-state index contributed by atoms with van der Waals surface area (Å²) in [7, 11) is 3.93. The van der Waals surface area contributed by atoms with Crippen molar-refractivity contribution in [2.24, 2.45) is 5.92 Å². The molecule has 164 valence electrons. The Labute approximate surface area is 177 Å². The van der Waals surface area contributed by atoms with Crippen LogP contribution in [0.2, 0.25) is 0 Å². The van der Waals surface area contributed by atoms with Crippen LogP contribution < -0.4 is 4.74 Å².